The Kier molecular flexibility index (Phi) is 9.09. The normalized spacial score (nSPS) is 14.7. The molecule has 4 unspecified atom stereocenters. The molecule has 4 atom stereocenters. The number of aromatic nitrogens is 4. The monoisotopic (exact) mass is 462 g/mol. The van der Waals surface area contributed by atoms with E-state index in [1.165, 1.54) is 25.8 Å². The molecule has 8 N–H and O–H groups in total. The zero-order valence-electron chi connectivity index (χ0n) is 18.7. The molecule has 0 aromatic carbocycles. The Bertz CT molecular complexity index is 928. The highest BCUT2D eigenvalue weighted by Gasteiger charge is 2.29. The average molecular weight is 463 g/mol. The lowest BCUT2D eigenvalue weighted by molar-refractivity contribution is -0.143. The Morgan fingerprint density at radius 3 is 1.97 bits per heavy atom. The first-order valence-corrected chi connectivity index (χ1v) is 10.4. The number of hydrogen-bond acceptors (Lipinski definition) is 7. The number of aromatic amines is 2. The van der Waals surface area contributed by atoms with Crippen LogP contribution < -0.4 is 21.7 Å². The molecule has 2 heterocycles. The van der Waals surface area contributed by atoms with E-state index in [0.717, 1.165) is 0 Å². The molecule has 180 valence electrons. The number of carboxylic acid groups (broad SMARTS) is 1. The minimum Gasteiger partial charge on any atom is -0.480 e. The molecular formula is C20H30N8O5. The molecule has 0 aliphatic heterocycles. The molecule has 3 amide bonds. The summed E-state index contributed by atoms with van der Waals surface area (Å²) in [6.07, 6.45) is 6.22. The summed E-state index contributed by atoms with van der Waals surface area (Å²) < 4.78 is 0. The number of nitrogens with one attached hydrogen (secondary N) is 5. The SMILES string of the molecule is CC(NC(=O)C(Cc1cnc[nH]1)NC(=O)C(N)Cc1cnc[nH]1)C(=O)NC(C(=O)O)C(C)C. The summed E-state index contributed by atoms with van der Waals surface area (Å²) in [5.41, 5.74) is 7.21. The molecule has 2 rings (SSSR count). The minimum absolute atomic E-state index is 0.0758. The highest BCUT2D eigenvalue weighted by atomic mass is 16.4. The van der Waals surface area contributed by atoms with Crippen molar-refractivity contribution in [1.29, 1.82) is 0 Å². The Hall–Kier alpha value is -3.74. The van der Waals surface area contributed by atoms with Crippen molar-refractivity contribution in [3.63, 3.8) is 0 Å². The third-order valence-electron chi connectivity index (χ3n) is 4.93. The molecule has 0 aliphatic rings. The van der Waals surface area contributed by atoms with Gasteiger partial charge in [0.05, 0.1) is 18.7 Å². The van der Waals surface area contributed by atoms with Gasteiger partial charge in [-0.15, -0.1) is 0 Å². The fraction of sp³-hybridized carbons (Fsp3) is 0.500. The van der Waals surface area contributed by atoms with Crippen LogP contribution in [0.15, 0.2) is 25.0 Å². The van der Waals surface area contributed by atoms with E-state index in [9.17, 15) is 24.3 Å². The van der Waals surface area contributed by atoms with Crippen LogP contribution in [0.25, 0.3) is 0 Å². The standard InChI is InChI=1S/C20H30N8O5/c1-10(2)16(20(32)33)28-17(29)11(3)26-19(31)15(5-13-7-23-9-25-13)27-18(30)14(21)4-12-6-22-8-24-12/h6-11,14-16H,4-5,21H2,1-3H3,(H,22,24)(H,23,25)(H,26,31)(H,27,30)(H,28,29)(H,32,33). The first-order chi connectivity index (χ1) is 15.6. The van der Waals surface area contributed by atoms with Crippen molar-refractivity contribution in [1.82, 2.24) is 35.9 Å². The molecule has 0 bridgehead atoms. The number of carbonyl (C=O) groups is 4. The Labute approximate surface area is 190 Å². The zero-order chi connectivity index (χ0) is 24.5. The van der Waals surface area contributed by atoms with Crippen LogP contribution >= 0.6 is 0 Å². The minimum atomic E-state index is -1.17. The maximum atomic E-state index is 12.9. The van der Waals surface area contributed by atoms with Gasteiger partial charge in [-0.1, -0.05) is 13.8 Å². The predicted molar refractivity (Wildman–Crippen MR) is 116 cm³/mol. The Morgan fingerprint density at radius 2 is 1.48 bits per heavy atom. The quantitative estimate of drug-likeness (QED) is 0.196. The second-order valence-electron chi connectivity index (χ2n) is 8.03. The van der Waals surface area contributed by atoms with Gasteiger partial charge in [-0.05, 0) is 12.8 Å². The maximum absolute atomic E-state index is 12.9. The summed E-state index contributed by atoms with van der Waals surface area (Å²) in [4.78, 5) is 62.7. The van der Waals surface area contributed by atoms with Gasteiger partial charge in [-0.25, -0.2) is 14.8 Å². The first kappa shape index (κ1) is 25.5. The summed E-state index contributed by atoms with van der Waals surface area (Å²) in [6, 6.07) is -4.14. The molecule has 2 aromatic heterocycles. The maximum Gasteiger partial charge on any atom is 0.326 e. The van der Waals surface area contributed by atoms with E-state index >= 15 is 0 Å². The lowest BCUT2D eigenvalue weighted by Gasteiger charge is -2.24. The van der Waals surface area contributed by atoms with Crippen LogP contribution in [-0.4, -0.2) is 72.9 Å². The number of hydrogen-bond donors (Lipinski definition) is 7. The molecule has 0 saturated carbocycles. The fourth-order valence-electron chi connectivity index (χ4n) is 3.00. The number of carbonyl (C=O) groups excluding carboxylic acids is 3. The summed E-state index contributed by atoms with van der Waals surface area (Å²) in [5, 5.41) is 16.8. The molecule has 0 spiro atoms. The number of rotatable bonds is 12. The second-order valence-corrected chi connectivity index (χ2v) is 8.03. The Balaban J connectivity index is 2.04. The van der Waals surface area contributed by atoms with E-state index in [4.69, 9.17) is 5.73 Å². The van der Waals surface area contributed by atoms with Gasteiger partial charge in [0.15, 0.2) is 0 Å². The van der Waals surface area contributed by atoms with Gasteiger partial charge < -0.3 is 36.8 Å². The largest absolute Gasteiger partial charge is 0.480 e. The molecule has 13 nitrogen and oxygen atoms in total. The van der Waals surface area contributed by atoms with Crippen molar-refractivity contribution in [2.45, 2.75) is 57.8 Å². The number of nitrogens with two attached hydrogens (primary N) is 1. The van der Waals surface area contributed by atoms with Crippen molar-refractivity contribution >= 4 is 23.7 Å². The summed E-state index contributed by atoms with van der Waals surface area (Å²) in [7, 11) is 0. The lowest BCUT2D eigenvalue weighted by atomic mass is 10.0. The van der Waals surface area contributed by atoms with Crippen molar-refractivity contribution in [3.8, 4) is 0 Å². The van der Waals surface area contributed by atoms with E-state index in [-0.39, 0.29) is 18.8 Å². The zero-order valence-corrected chi connectivity index (χ0v) is 18.7. The van der Waals surface area contributed by atoms with Crippen molar-refractivity contribution in [2.24, 2.45) is 11.7 Å². The molecule has 0 radical (unpaired) electrons. The molecule has 0 fully saturated rings. The van der Waals surface area contributed by atoms with Crippen LogP contribution in [0.2, 0.25) is 0 Å². The fourth-order valence-corrected chi connectivity index (χ4v) is 3.00. The van der Waals surface area contributed by atoms with Gasteiger partial charge in [-0.3, -0.25) is 14.4 Å². The number of aliphatic carboxylic acids is 1. The number of H-pyrrole nitrogens is 2. The van der Waals surface area contributed by atoms with Crippen LogP contribution in [0, 0.1) is 5.92 Å². The lowest BCUT2D eigenvalue weighted by Crippen LogP contribution is -2.57. The molecule has 0 aliphatic carbocycles. The van der Waals surface area contributed by atoms with Crippen LogP contribution in [0.4, 0.5) is 0 Å². The third kappa shape index (κ3) is 7.71. The van der Waals surface area contributed by atoms with Crippen LogP contribution in [0.1, 0.15) is 32.2 Å². The number of amides is 3. The summed E-state index contributed by atoms with van der Waals surface area (Å²) >= 11 is 0. The third-order valence-corrected chi connectivity index (χ3v) is 4.93. The van der Waals surface area contributed by atoms with E-state index in [1.807, 2.05) is 0 Å². The Morgan fingerprint density at radius 1 is 0.909 bits per heavy atom. The average Bonchev–Trinajstić information content (AvgIpc) is 3.44. The van der Waals surface area contributed by atoms with Crippen molar-refractivity contribution in [3.05, 3.63) is 36.4 Å². The smallest absolute Gasteiger partial charge is 0.326 e. The molecular weight excluding hydrogens is 432 g/mol. The topological polar surface area (TPSA) is 208 Å². The molecule has 0 saturated heterocycles. The summed E-state index contributed by atoms with van der Waals surface area (Å²) in [5.74, 6) is -3.38. The highest BCUT2D eigenvalue weighted by molar-refractivity contribution is 5.94. The van der Waals surface area contributed by atoms with E-state index in [0.29, 0.717) is 11.4 Å². The van der Waals surface area contributed by atoms with Crippen molar-refractivity contribution in [2.75, 3.05) is 0 Å². The van der Waals surface area contributed by atoms with Gasteiger partial charge in [-0.2, -0.15) is 0 Å². The highest BCUT2D eigenvalue weighted by Crippen LogP contribution is 2.04. The first-order valence-electron chi connectivity index (χ1n) is 10.4. The summed E-state index contributed by atoms with van der Waals surface area (Å²) in [6.45, 7) is 4.74. The van der Waals surface area contributed by atoms with Crippen LogP contribution in [0.5, 0.6) is 0 Å². The second kappa shape index (κ2) is 11.8. The molecule has 2 aromatic rings. The predicted octanol–water partition coefficient (Wildman–Crippen LogP) is -1.54. The van der Waals surface area contributed by atoms with Crippen LogP contribution in [0.3, 0.4) is 0 Å². The number of carboxylic acids is 1. The van der Waals surface area contributed by atoms with Crippen LogP contribution in [-0.2, 0) is 32.0 Å². The van der Waals surface area contributed by atoms with E-state index in [2.05, 4.69) is 35.9 Å². The molecule has 13 heteroatoms. The van der Waals surface area contributed by atoms with E-state index in [1.54, 1.807) is 20.0 Å². The number of imidazole rings is 2. The van der Waals surface area contributed by atoms with E-state index < -0.39 is 47.9 Å². The van der Waals surface area contributed by atoms with Gasteiger partial charge in [0.25, 0.3) is 0 Å². The van der Waals surface area contributed by atoms with Gasteiger partial charge in [0.2, 0.25) is 17.7 Å². The van der Waals surface area contributed by atoms with Gasteiger partial charge >= 0.3 is 5.97 Å². The van der Waals surface area contributed by atoms with Gasteiger partial charge in [0.1, 0.15) is 18.1 Å². The molecule has 33 heavy (non-hydrogen) atoms. The van der Waals surface area contributed by atoms with Crippen molar-refractivity contribution < 1.29 is 24.3 Å². The van der Waals surface area contributed by atoms with Gasteiger partial charge in [0, 0.05) is 36.6 Å². The number of nitrogens with zero attached hydrogens (tertiary/aromatic N) is 2.